The van der Waals surface area contributed by atoms with Crippen LogP contribution >= 0.6 is 0 Å². The zero-order valence-corrected chi connectivity index (χ0v) is 10.1. The standard InChI is InChI=1S/C13H19FN2O/c1-2-3-7-12(15)13(17)16-9-10-5-4-6-11(14)8-10/h4-6,8,12H,2-3,7,9,15H2,1H3,(H,16,17)/t12-/m0/s1. The molecule has 0 aliphatic carbocycles. The first kappa shape index (κ1) is 13.6. The minimum Gasteiger partial charge on any atom is -0.351 e. The fourth-order valence-corrected chi connectivity index (χ4v) is 1.52. The molecule has 0 saturated heterocycles. The third-order valence-electron chi connectivity index (χ3n) is 2.56. The van der Waals surface area contributed by atoms with Gasteiger partial charge in [-0.05, 0) is 24.1 Å². The SMILES string of the molecule is CCCC[C@H](N)C(=O)NCc1cccc(F)c1. The van der Waals surface area contributed by atoms with Crippen LogP contribution in [0.1, 0.15) is 31.7 Å². The summed E-state index contributed by atoms with van der Waals surface area (Å²) in [6, 6.07) is 5.69. The van der Waals surface area contributed by atoms with Crippen LogP contribution in [0.2, 0.25) is 0 Å². The van der Waals surface area contributed by atoms with Gasteiger partial charge in [0.05, 0.1) is 6.04 Å². The van der Waals surface area contributed by atoms with Crippen molar-refractivity contribution in [3.05, 3.63) is 35.6 Å². The second-order valence-electron chi connectivity index (χ2n) is 4.10. The average molecular weight is 238 g/mol. The molecule has 17 heavy (non-hydrogen) atoms. The monoisotopic (exact) mass is 238 g/mol. The molecular formula is C13H19FN2O. The summed E-state index contributed by atoms with van der Waals surface area (Å²) < 4.78 is 12.9. The predicted molar refractivity (Wildman–Crippen MR) is 65.7 cm³/mol. The Balaban J connectivity index is 2.37. The predicted octanol–water partition coefficient (Wildman–Crippen LogP) is 1.96. The number of amides is 1. The van der Waals surface area contributed by atoms with Gasteiger partial charge in [-0.15, -0.1) is 0 Å². The highest BCUT2D eigenvalue weighted by Crippen LogP contribution is 2.03. The van der Waals surface area contributed by atoms with E-state index in [1.54, 1.807) is 12.1 Å². The van der Waals surface area contributed by atoms with E-state index in [0.717, 1.165) is 18.4 Å². The van der Waals surface area contributed by atoms with Crippen molar-refractivity contribution in [3.8, 4) is 0 Å². The van der Waals surface area contributed by atoms with E-state index < -0.39 is 6.04 Å². The van der Waals surface area contributed by atoms with Crippen LogP contribution in [-0.2, 0) is 11.3 Å². The summed E-state index contributed by atoms with van der Waals surface area (Å²) in [5.41, 5.74) is 6.45. The van der Waals surface area contributed by atoms with Crippen LogP contribution < -0.4 is 11.1 Å². The van der Waals surface area contributed by atoms with Crippen molar-refractivity contribution in [2.75, 3.05) is 0 Å². The highest BCUT2D eigenvalue weighted by molar-refractivity contribution is 5.81. The van der Waals surface area contributed by atoms with E-state index in [-0.39, 0.29) is 11.7 Å². The number of rotatable bonds is 6. The first-order chi connectivity index (χ1) is 8.13. The zero-order valence-electron chi connectivity index (χ0n) is 10.1. The van der Waals surface area contributed by atoms with Gasteiger partial charge in [0.2, 0.25) is 5.91 Å². The average Bonchev–Trinajstić information content (AvgIpc) is 2.33. The summed E-state index contributed by atoms with van der Waals surface area (Å²) in [5, 5.41) is 2.70. The first-order valence-electron chi connectivity index (χ1n) is 5.91. The van der Waals surface area contributed by atoms with Crippen LogP contribution in [0, 0.1) is 5.82 Å². The van der Waals surface area contributed by atoms with Gasteiger partial charge in [-0.1, -0.05) is 31.9 Å². The minimum atomic E-state index is -0.469. The molecule has 0 heterocycles. The van der Waals surface area contributed by atoms with Gasteiger partial charge in [-0.25, -0.2) is 4.39 Å². The number of carbonyl (C=O) groups is 1. The Morgan fingerprint density at radius 3 is 2.94 bits per heavy atom. The molecular weight excluding hydrogens is 219 g/mol. The molecule has 0 spiro atoms. The number of nitrogens with one attached hydrogen (secondary N) is 1. The number of benzene rings is 1. The van der Waals surface area contributed by atoms with Gasteiger partial charge < -0.3 is 11.1 Å². The molecule has 0 bridgehead atoms. The number of unbranched alkanes of at least 4 members (excludes halogenated alkanes) is 1. The van der Waals surface area contributed by atoms with Gasteiger partial charge in [0, 0.05) is 6.54 Å². The Labute approximate surface area is 101 Å². The van der Waals surface area contributed by atoms with Gasteiger partial charge in [0.25, 0.3) is 0 Å². The third-order valence-corrected chi connectivity index (χ3v) is 2.56. The summed E-state index contributed by atoms with van der Waals surface area (Å²) in [7, 11) is 0. The van der Waals surface area contributed by atoms with Gasteiger partial charge in [-0.2, -0.15) is 0 Å². The fourth-order valence-electron chi connectivity index (χ4n) is 1.52. The Hall–Kier alpha value is -1.42. The second kappa shape index (κ2) is 7.01. The molecule has 0 unspecified atom stereocenters. The lowest BCUT2D eigenvalue weighted by atomic mass is 10.1. The topological polar surface area (TPSA) is 55.1 Å². The van der Waals surface area contributed by atoms with Crippen molar-refractivity contribution >= 4 is 5.91 Å². The van der Waals surface area contributed by atoms with E-state index in [9.17, 15) is 9.18 Å². The van der Waals surface area contributed by atoms with Crippen molar-refractivity contribution in [2.24, 2.45) is 5.73 Å². The number of halogens is 1. The number of hydrogen-bond acceptors (Lipinski definition) is 2. The molecule has 0 aliphatic rings. The van der Waals surface area contributed by atoms with Gasteiger partial charge in [0.1, 0.15) is 5.82 Å². The lowest BCUT2D eigenvalue weighted by Crippen LogP contribution is -2.40. The first-order valence-corrected chi connectivity index (χ1v) is 5.91. The van der Waals surface area contributed by atoms with E-state index in [1.807, 2.05) is 0 Å². The Morgan fingerprint density at radius 2 is 2.29 bits per heavy atom. The Bertz CT molecular complexity index is 368. The summed E-state index contributed by atoms with van der Waals surface area (Å²) >= 11 is 0. The molecule has 3 N–H and O–H groups in total. The summed E-state index contributed by atoms with van der Waals surface area (Å²) in [6.45, 7) is 2.37. The van der Waals surface area contributed by atoms with Crippen LogP contribution in [0.25, 0.3) is 0 Å². The molecule has 3 nitrogen and oxygen atoms in total. The smallest absolute Gasteiger partial charge is 0.237 e. The maximum Gasteiger partial charge on any atom is 0.237 e. The van der Waals surface area contributed by atoms with Crippen LogP contribution in [-0.4, -0.2) is 11.9 Å². The summed E-state index contributed by atoms with van der Waals surface area (Å²) in [4.78, 5) is 11.6. The van der Waals surface area contributed by atoms with Crippen LogP contribution in [0.5, 0.6) is 0 Å². The summed E-state index contributed by atoms with van der Waals surface area (Å²) in [5.74, 6) is -0.477. The lowest BCUT2D eigenvalue weighted by molar-refractivity contribution is -0.122. The van der Waals surface area contributed by atoms with E-state index in [1.165, 1.54) is 12.1 Å². The molecule has 1 aromatic rings. The number of carbonyl (C=O) groups excluding carboxylic acids is 1. The van der Waals surface area contributed by atoms with Crippen molar-refractivity contribution < 1.29 is 9.18 Å². The molecule has 0 radical (unpaired) electrons. The molecule has 1 aromatic carbocycles. The number of nitrogens with two attached hydrogens (primary N) is 1. The van der Waals surface area contributed by atoms with Crippen molar-refractivity contribution in [3.63, 3.8) is 0 Å². The molecule has 1 rings (SSSR count). The minimum absolute atomic E-state index is 0.178. The molecule has 0 aromatic heterocycles. The van der Waals surface area contributed by atoms with E-state index in [2.05, 4.69) is 12.2 Å². The molecule has 4 heteroatoms. The molecule has 94 valence electrons. The molecule has 0 aliphatic heterocycles. The highest BCUT2D eigenvalue weighted by atomic mass is 19.1. The van der Waals surface area contributed by atoms with E-state index in [4.69, 9.17) is 5.73 Å². The van der Waals surface area contributed by atoms with Crippen LogP contribution in [0.3, 0.4) is 0 Å². The quantitative estimate of drug-likeness (QED) is 0.796. The second-order valence-corrected chi connectivity index (χ2v) is 4.10. The third kappa shape index (κ3) is 4.95. The van der Waals surface area contributed by atoms with Crippen LogP contribution in [0.4, 0.5) is 4.39 Å². The van der Waals surface area contributed by atoms with Crippen molar-refractivity contribution in [2.45, 2.75) is 38.8 Å². The lowest BCUT2D eigenvalue weighted by Gasteiger charge is -2.11. The zero-order chi connectivity index (χ0) is 12.7. The molecule has 0 saturated carbocycles. The molecule has 0 fully saturated rings. The van der Waals surface area contributed by atoms with E-state index >= 15 is 0 Å². The van der Waals surface area contributed by atoms with Gasteiger partial charge in [-0.3, -0.25) is 4.79 Å². The summed E-state index contributed by atoms with van der Waals surface area (Å²) in [6.07, 6.45) is 2.64. The number of hydrogen-bond donors (Lipinski definition) is 2. The fraction of sp³-hybridized carbons (Fsp3) is 0.462. The van der Waals surface area contributed by atoms with Gasteiger partial charge in [0.15, 0.2) is 0 Å². The van der Waals surface area contributed by atoms with Crippen molar-refractivity contribution in [1.29, 1.82) is 0 Å². The highest BCUT2D eigenvalue weighted by Gasteiger charge is 2.11. The Kier molecular flexibility index (Phi) is 5.63. The maximum atomic E-state index is 12.9. The maximum absolute atomic E-state index is 12.9. The van der Waals surface area contributed by atoms with Crippen molar-refractivity contribution in [1.82, 2.24) is 5.32 Å². The molecule has 1 amide bonds. The largest absolute Gasteiger partial charge is 0.351 e. The molecule has 1 atom stereocenters. The van der Waals surface area contributed by atoms with Gasteiger partial charge >= 0.3 is 0 Å². The van der Waals surface area contributed by atoms with Crippen LogP contribution in [0.15, 0.2) is 24.3 Å². The normalized spacial score (nSPS) is 12.2. The Morgan fingerprint density at radius 1 is 1.53 bits per heavy atom. The van der Waals surface area contributed by atoms with E-state index in [0.29, 0.717) is 13.0 Å².